The molecule has 0 aromatic heterocycles. The molecule has 0 saturated heterocycles. The molecular weight excluding hydrogens is 130 g/mol. The Hall–Kier alpha value is 0.650. The topological polar surface area (TPSA) is 0 Å². The molecule has 40 valence electrons. The van der Waals surface area contributed by atoms with Gasteiger partial charge in [0.15, 0.2) is 0 Å². The van der Waals surface area contributed by atoms with E-state index >= 15 is 0 Å². The summed E-state index contributed by atoms with van der Waals surface area (Å²) in [7, 11) is 0. The summed E-state index contributed by atoms with van der Waals surface area (Å²) in [5.74, 6) is 0. The van der Waals surface area contributed by atoms with E-state index in [1.54, 1.807) is 0 Å². The van der Waals surface area contributed by atoms with Crippen LogP contribution in [-0.2, 0) is 0 Å². The van der Waals surface area contributed by atoms with Crippen LogP contribution in [0.1, 0.15) is 0 Å². The number of rotatable bonds is 0. The molecule has 0 atom stereocenters. The summed E-state index contributed by atoms with van der Waals surface area (Å²) in [6, 6.07) is 0. The van der Waals surface area contributed by atoms with Crippen molar-refractivity contribution in [2.45, 2.75) is 6.43 Å². The van der Waals surface area contributed by atoms with Crippen LogP contribution in [0.5, 0.6) is 0 Å². The molecule has 0 unspecified atom stereocenters. The summed E-state index contributed by atoms with van der Waals surface area (Å²) in [6.07, 6.45) is -5.50. The van der Waals surface area contributed by atoms with Crippen LogP contribution in [0, 0.1) is 0 Å². The molecule has 0 aliphatic rings. The predicted molar refractivity (Wildman–Crippen MR) is 7.16 cm³/mol. The van der Waals surface area contributed by atoms with Gasteiger partial charge in [-0.15, -0.1) is 17.6 Å². The standard InChI is InChI=1S/CF4.FH.Na/c2-1(3,4)5;;/h;1H;/q;;+1/p-1. The van der Waals surface area contributed by atoms with E-state index in [9.17, 15) is 17.6 Å². The maximum absolute atomic E-state index is 9.69. The molecule has 0 heterocycles. The van der Waals surface area contributed by atoms with Gasteiger partial charge in [0.05, 0.1) is 0 Å². The molecule has 6 heteroatoms. The molecule has 0 saturated carbocycles. The van der Waals surface area contributed by atoms with E-state index in [0.29, 0.717) is 0 Å². The largest absolute Gasteiger partial charge is 1.00 e. The first-order chi connectivity index (χ1) is 2.00. The number of alkyl halides is 4. The zero-order chi connectivity index (χ0) is 4.50. The van der Waals surface area contributed by atoms with Gasteiger partial charge in [-0.1, -0.05) is 0 Å². The van der Waals surface area contributed by atoms with Gasteiger partial charge in [-0.3, -0.25) is 0 Å². The molecular formula is CF5Na. The van der Waals surface area contributed by atoms with Gasteiger partial charge in [-0.05, 0) is 0 Å². The maximum Gasteiger partial charge on any atom is 1.00 e. The van der Waals surface area contributed by atoms with Crippen LogP contribution in [0.3, 0.4) is 0 Å². The SMILES string of the molecule is FC(F)(F)F.[F-].[Na+]. The van der Waals surface area contributed by atoms with Gasteiger partial charge in [0.25, 0.3) is 0 Å². The summed E-state index contributed by atoms with van der Waals surface area (Å²) < 4.78 is 38.8. The second-order valence-corrected chi connectivity index (χ2v) is 0.429. The van der Waals surface area contributed by atoms with Gasteiger partial charge in [-0.25, -0.2) is 0 Å². The smallest absolute Gasteiger partial charge is 1.00 e. The van der Waals surface area contributed by atoms with Crippen molar-refractivity contribution in [3.05, 3.63) is 0 Å². The molecule has 0 bridgehead atoms. The third-order valence-corrected chi connectivity index (χ3v) is 0. The fourth-order valence-corrected chi connectivity index (χ4v) is 0. The van der Waals surface area contributed by atoms with Crippen LogP contribution < -0.4 is 34.3 Å². The zero-order valence-corrected chi connectivity index (χ0v) is 5.39. The van der Waals surface area contributed by atoms with Crippen molar-refractivity contribution in [2.24, 2.45) is 0 Å². The van der Waals surface area contributed by atoms with Crippen molar-refractivity contribution < 1.29 is 51.8 Å². The van der Waals surface area contributed by atoms with Gasteiger partial charge in [0, 0.05) is 0 Å². The number of halogens is 5. The maximum atomic E-state index is 9.69. The van der Waals surface area contributed by atoms with Crippen LogP contribution in [0.4, 0.5) is 17.6 Å². The summed E-state index contributed by atoms with van der Waals surface area (Å²) in [5, 5.41) is 0. The molecule has 0 fully saturated rings. The van der Waals surface area contributed by atoms with E-state index < -0.39 is 6.43 Å². The second kappa shape index (κ2) is 4.80. The summed E-state index contributed by atoms with van der Waals surface area (Å²) in [4.78, 5) is 0. The quantitative estimate of drug-likeness (QED) is 0.229. The van der Waals surface area contributed by atoms with E-state index in [4.69, 9.17) is 0 Å². The van der Waals surface area contributed by atoms with Crippen LogP contribution in [-0.4, -0.2) is 6.43 Å². The Morgan fingerprint density at radius 3 is 0.857 bits per heavy atom. The summed E-state index contributed by atoms with van der Waals surface area (Å²) in [5.41, 5.74) is 0. The molecule has 0 spiro atoms. The average molecular weight is 130 g/mol. The summed E-state index contributed by atoms with van der Waals surface area (Å²) in [6.45, 7) is 0. The Balaban J connectivity index is -0.0000000800. The fourth-order valence-electron chi connectivity index (χ4n) is 0. The average Bonchev–Trinajstić information content (AvgIpc) is 0.722. The normalized spacial score (nSPS) is 8.57. The molecule has 0 rings (SSSR count). The number of hydrogen-bond acceptors (Lipinski definition) is 0. The van der Waals surface area contributed by atoms with Crippen molar-refractivity contribution in [2.75, 3.05) is 0 Å². The Morgan fingerprint density at radius 2 is 0.857 bits per heavy atom. The molecule has 0 radical (unpaired) electrons. The van der Waals surface area contributed by atoms with Crippen molar-refractivity contribution in [3.63, 3.8) is 0 Å². The van der Waals surface area contributed by atoms with Crippen molar-refractivity contribution in [3.8, 4) is 0 Å². The Labute approximate surface area is 58.5 Å². The molecule has 0 N–H and O–H groups in total. The van der Waals surface area contributed by atoms with Crippen molar-refractivity contribution in [1.29, 1.82) is 0 Å². The van der Waals surface area contributed by atoms with E-state index in [1.807, 2.05) is 0 Å². The Kier molecular flexibility index (Phi) is 10.7. The number of hydrogen-bond donors (Lipinski definition) is 0. The fraction of sp³-hybridized carbons (Fsp3) is 1.00. The van der Waals surface area contributed by atoms with Crippen LogP contribution in [0.2, 0.25) is 0 Å². The van der Waals surface area contributed by atoms with Gasteiger partial charge in [0.2, 0.25) is 0 Å². The van der Waals surface area contributed by atoms with Gasteiger partial charge in [-0.2, -0.15) is 0 Å². The predicted octanol–water partition coefficient (Wildman–Crippen LogP) is -4.52. The molecule has 0 nitrogen and oxygen atoms in total. The van der Waals surface area contributed by atoms with Crippen LogP contribution >= 0.6 is 0 Å². The molecule has 7 heavy (non-hydrogen) atoms. The van der Waals surface area contributed by atoms with Crippen molar-refractivity contribution in [1.82, 2.24) is 0 Å². The first kappa shape index (κ1) is 15.6. The van der Waals surface area contributed by atoms with E-state index in [-0.39, 0.29) is 34.3 Å². The van der Waals surface area contributed by atoms with Crippen LogP contribution in [0.25, 0.3) is 0 Å². The van der Waals surface area contributed by atoms with E-state index in [2.05, 4.69) is 0 Å². The molecule has 0 aromatic rings. The molecule has 0 aliphatic heterocycles. The van der Waals surface area contributed by atoms with E-state index in [1.165, 1.54) is 0 Å². The molecule has 0 amide bonds. The van der Waals surface area contributed by atoms with Crippen LogP contribution in [0.15, 0.2) is 0 Å². The monoisotopic (exact) mass is 130 g/mol. The minimum Gasteiger partial charge on any atom is -1.00 e. The first-order valence-electron chi connectivity index (χ1n) is 0.756. The zero-order valence-electron chi connectivity index (χ0n) is 3.39. The first-order valence-corrected chi connectivity index (χ1v) is 0.756. The Bertz CT molecular complexity index is 23.6. The minimum absolute atomic E-state index is 0. The Morgan fingerprint density at radius 1 is 0.857 bits per heavy atom. The van der Waals surface area contributed by atoms with Gasteiger partial charge >= 0.3 is 36.0 Å². The summed E-state index contributed by atoms with van der Waals surface area (Å²) >= 11 is 0. The second-order valence-electron chi connectivity index (χ2n) is 0.429. The van der Waals surface area contributed by atoms with Gasteiger partial charge in [0.1, 0.15) is 0 Å². The molecule has 0 aromatic carbocycles. The van der Waals surface area contributed by atoms with E-state index in [0.717, 1.165) is 0 Å². The van der Waals surface area contributed by atoms with Crippen molar-refractivity contribution >= 4 is 0 Å². The third-order valence-electron chi connectivity index (χ3n) is 0. The molecule has 0 aliphatic carbocycles. The third kappa shape index (κ3) is 340. The van der Waals surface area contributed by atoms with Gasteiger partial charge < -0.3 is 4.70 Å². The minimum atomic E-state index is -5.50.